The Morgan fingerprint density at radius 2 is 1.86 bits per heavy atom. The Hall–Kier alpha value is -1.11. The number of hydrogen-bond acceptors (Lipinski definition) is 7. The quantitative estimate of drug-likeness (QED) is 0.563. The fourth-order valence-electron chi connectivity index (χ4n) is 1.47. The van der Waals surface area contributed by atoms with Gasteiger partial charge in [0.25, 0.3) is 0 Å². The van der Waals surface area contributed by atoms with E-state index in [0.717, 1.165) is 26.4 Å². The summed E-state index contributed by atoms with van der Waals surface area (Å²) in [5, 5.41) is 2.34. The van der Waals surface area contributed by atoms with Crippen LogP contribution in [0.15, 0.2) is 0 Å². The van der Waals surface area contributed by atoms with Crippen molar-refractivity contribution in [2.24, 2.45) is 0 Å². The largest absolute Gasteiger partial charge is 0.516 e. The summed E-state index contributed by atoms with van der Waals surface area (Å²) in [6.45, 7) is 4.68. The summed E-state index contributed by atoms with van der Waals surface area (Å²) in [6.07, 6.45) is 1.04. The molecular weight excluding hydrogens is 301 g/mol. The number of rotatable bonds is 7. The fourth-order valence-corrected chi connectivity index (χ4v) is 2.52. The summed E-state index contributed by atoms with van der Waals surface area (Å²) in [6, 6.07) is -0.941. The first kappa shape index (κ1) is 17.9. The summed E-state index contributed by atoms with van der Waals surface area (Å²) in [5.41, 5.74) is 0. The van der Waals surface area contributed by atoms with Gasteiger partial charge in [0.05, 0.1) is 6.10 Å². The van der Waals surface area contributed by atoms with Gasteiger partial charge in [0, 0.05) is 7.11 Å². The summed E-state index contributed by atoms with van der Waals surface area (Å²) in [5.74, 6) is -0.571. The molecule has 0 heterocycles. The molecule has 0 aromatic heterocycles. The number of carbonyl (C=O) groups excluding carboxylic acids is 2. The van der Waals surface area contributed by atoms with Crippen molar-refractivity contribution in [1.29, 1.82) is 0 Å². The van der Waals surface area contributed by atoms with Crippen LogP contribution in [0.2, 0.25) is 0 Å². The lowest BCUT2D eigenvalue weighted by molar-refractivity contribution is -0.154. The van der Waals surface area contributed by atoms with Crippen LogP contribution >= 0.6 is 7.75 Å². The van der Waals surface area contributed by atoms with E-state index in [1.807, 2.05) is 0 Å². The molecule has 2 unspecified atom stereocenters. The molecule has 2 atom stereocenters. The maximum absolute atomic E-state index is 12.2. The minimum Gasteiger partial charge on any atom is -0.461 e. The maximum Gasteiger partial charge on any atom is 0.516 e. The van der Waals surface area contributed by atoms with Crippen LogP contribution < -0.4 is 5.09 Å². The van der Waals surface area contributed by atoms with Crippen molar-refractivity contribution < 1.29 is 32.7 Å². The third-order valence-electron chi connectivity index (χ3n) is 2.81. The Bertz CT molecular complexity index is 422. The Balaban J connectivity index is 2.51. The molecule has 21 heavy (non-hydrogen) atoms. The zero-order valence-corrected chi connectivity index (χ0v) is 13.6. The van der Waals surface area contributed by atoms with E-state index >= 15 is 0 Å². The smallest absolute Gasteiger partial charge is 0.461 e. The lowest BCUT2D eigenvalue weighted by Crippen LogP contribution is -2.38. The highest BCUT2D eigenvalue weighted by molar-refractivity contribution is 7.52. The normalized spacial score (nSPS) is 19.3. The molecule has 1 saturated carbocycles. The van der Waals surface area contributed by atoms with E-state index in [-0.39, 0.29) is 6.10 Å². The van der Waals surface area contributed by atoms with Crippen molar-refractivity contribution in [1.82, 2.24) is 5.09 Å². The van der Waals surface area contributed by atoms with Crippen LogP contribution in [0.4, 0.5) is 4.79 Å². The fraction of sp³-hybridized carbons (Fsp3) is 0.833. The number of esters is 1. The predicted molar refractivity (Wildman–Crippen MR) is 73.6 cm³/mol. The van der Waals surface area contributed by atoms with Crippen LogP contribution in [0.3, 0.4) is 0 Å². The lowest BCUT2D eigenvalue weighted by Gasteiger charge is -2.27. The zero-order valence-electron chi connectivity index (χ0n) is 12.7. The average molecular weight is 323 g/mol. The van der Waals surface area contributed by atoms with Gasteiger partial charge in [0.2, 0.25) is 0 Å². The highest BCUT2D eigenvalue weighted by Crippen LogP contribution is 2.43. The highest BCUT2D eigenvalue weighted by atomic mass is 31.2. The van der Waals surface area contributed by atoms with Gasteiger partial charge in [-0.25, -0.2) is 9.36 Å². The monoisotopic (exact) mass is 323 g/mol. The molecule has 1 fully saturated rings. The van der Waals surface area contributed by atoms with Crippen molar-refractivity contribution in [3.8, 4) is 0 Å². The molecule has 1 aliphatic rings. The summed E-state index contributed by atoms with van der Waals surface area (Å²) in [4.78, 5) is 23.1. The second-order valence-electron chi connectivity index (χ2n) is 5.03. The van der Waals surface area contributed by atoms with E-state index in [4.69, 9.17) is 9.47 Å². The van der Waals surface area contributed by atoms with Gasteiger partial charge in [-0.05, 0) is 40.0 Å². The molecule has 8 nitrogen and oxygen atoms in total. The molecule has 0 aliphatic heterocycles. The minimum atomic E-state index is -3.98. The van der Waals surface area contributed by atoms with E-state index in [2.05, 4.69) is 14.1 Å². The van der Waals surface area contributed by atoms with Gasteiger partial charge in [0.1, 0.15) is 12.1 Å². The highest BCUT2D eigenvalue weighted by Gasteiger charge is 2.34. The molecule has 1 aliphatic carbocycles. The summed E-state index contributed by atoms with van der Waals surface area (Å²) >= 11 is 0. The lowest BCUT2D eigenvalue weighted by atomic mass is 9.96. The Morgan fingerprint density at radius 1 is 1.24 bits per heavy atom. The van der Waals surface area contributed by atoms with Gasteiger partial charge in [0.15, 0.2) is 0 Å². The molecule has 0 amide bonds. The van der Waals surface area contributed by atoms with Crippen molar-refractivity contribution in [3.05, 3.63) is 0 Å². The van der Waals surface area contributed by atoms with Gasteiger partial charge >= 0.3 is 19.9 Å². The van der Waals surface area contributed by atoms with Crippen LogP contribution in [0.25, 0.3) is 0 Å². The Kier molecular flexibility index (Phi) is 6.64. The van der Waals surface area contributed by atoms with E-state index in [1.165, 1.54) is 6.92 Å². The molecule has 1 N–H and O–H groups in total. The first-order valence-electron chi connectivity index (χ1n) is 6.80. The maximum atomic E-state index is 12.2. The van der Waals surface area contributed by atoms with Crippen LogP contribution in [0.5, 0.6) is 0 Å². The van der Waals surface area contributed by atoms with Crippen molar-refractivity contribution in [3.63, 3.8) is 0 Å². The van der Waals surface area contributed by atoms with E-state index in [0.29, 0.717) is 0 Å². The number of carbonyl (C=O) groups is 2. The number of ether oxygens (including phenoxy) is 2. The second kappa shape index (κ2) is 7.77. The van der Waals surface area contributed by atoms with E-state index in [1.54, 1.807) is 13.8 Å². The molecule has 0 spiro atoms. The van der Waals surface area contributed by atoms with Crippen molar-refractivity contribution in [2.45, 2.75) is 58.3 Å². The van der Waals surface area contributed by atoms with Gasteiger partial charge in [-0.15, -0.1) is 0 Å². The van der Waals surface area contributed by atoms with E-state index < -0.39 is 32.0 Å². The minimum absolute atomic E-state index is 0.0875. The standard InChI is InChI=1S/C12H22NO7P/c1-8(2)18-12(15)20-21(16,17-4)13-9(3)11(14)19-10-6-5-7-10/h8-10H,5-7H2,1-4H3,(H,13,16). The summed E-state index contributed by atoms with van der Waals surface area (Å²) in [7, 11) is -2.88. The van der Waals surface area contributed by atoms with Crippen molar-refractivity contribution >= 4 is 19.9 Å². The molecule has 0 aromatic rings. The molecule has 9 heteroatoms. The molecule has 0 bridgehead atoms. The van der Waals surface area contributed by atoms with E-state index in [9.17, 15) is 14.2 Å². The predicted octanol–water partition coefficient (Wildman–Crippen LogP) is 2.38. The topological polar surface area (TPSA) is 100 Å². The summed E-state index contributed by atoms with van der Waals surface area (Å²) < 4.78 is 31.4. The molecule has 0 radical (unpaired) electrons. The first-order chi connectivity index (χ1) is 9.75. The molecule has 0 saturated heterocycles. The van der Waals surface area contributed by atoms with Crippen LogP contribution in [0, 0.1) is 0 Å². The number of hydrogen-bond donors (Lipinski definition) is 1. The van der Waals surface area contributed by atoms with Gasteiger partial charge in [-0.1, -0.05) is 0 Å². The van der Waals surface area contributed by atoms with Gasteiger partial charge in [-0.3, -0.25) is 9.32 Å². The Labute approximate surface area is 124 Å². The third kappa shape index (κ3) is 6.03. The van der Waals surface area contributed by atoms with Crippen LogP contribution in [-0.2, 0) is 27.9 Å². The zero-order chi connectivity index (χ0) is 16.0. The average Bonchev–Trinajstić information content (AvgIpc) is 2.31. The van der Waals surface area contributed by atoms with Crippen LogP contribution in [-0.4, -0.2) is 37.5 Å². The first-order valence-corrected chi connectivity index (χ1v) is 8.34. The third-order valence-corrected chi connectivity index (χ3v) is 4.38. The number of nitrogens with one attached hydrogen (secondary N) is 1. The Morgan fingerprint density at radius 3 is 2.29 bits per heavy atom. The second-order valence-corrected chi connectivity index (χ2v) is 6.83. The molecular formula is C12H22NO7P. The molecule has 122 valence electrons. The molecule has 1 rings (SSSR count). The molecule has 0 aromatic carbocycles. The van der Waals surface area contributed by atoms with Crippen LogP contribution in [0.1, 0.15) is 40.0 Å². The van der Waals surface area contributed by atoms with Gasteiger partial charge in [-0.2, -0.15) is 5.09 Å². The SMILES string of the molecule is COP(=O)(NC(C)C(=O)OC1CCC1)OC(=O)OC(C)C. The van der Waals surface area contributed by atoms with Crippen molar-refractivity contribution in [2.75, 3.05) is 7.11 Å². The van der Waals surface area contributed by atoms with Gasteiger partial charge < -0.3 is 14.0 Å².